The predicted molar refractivity (Wildman–Crippen MR) is 85.9 cm³/mol. The van der Waals surface area contributed by atoms with E-state index in [1.165, 1.54) is 12.8 Å². The standard InChI is InChI=1S/C15H25N3O2S/c1-3-17-21(19,20)13-10-8-12(9-11-13)18(2)15-7-5-4-6-14(15)16/h8-11,14-15,17H,3-7,16H2,1-2H3. The van der Waals surface area contributed by atoms with Crippen LogP contribution in [0.3, 0.4) is 0 Å². The first-order chi connectivity index (χ1) is 9.95. The van der Waals surface area contributed by atoms with Crippen molar-refractivity contribution >= 4 is 15.7 Å². The maximum atomic E-state index is 11.9. The number of benzene rings is 1. The van der Waals surface area contributed by atoms with Crippen LogP contribution in [0.4, 0.5) is 5.69 Å². The van der Waals surface area contributed by atoms with Crippen molar-refractivity contribution in [3.63, 3.8) is 0 Å². The zero-order chi connectivity index (χ0) is 15.5. The van der Waals surface area contributed by atoms with Crippen LogP contribution in [0.2, 0.25) is 0 Å². The van der Waals surface area contributed by atoms with Crippen LogP contribution >= 0.6 is 0 Å². The molecule has 118 valence electrons. The van der Waals surface area contributed by atoms with Crippen LogP contribution in [0.5, 0.6) is 0 Å². The number of anilines is 1. The Labute approximate surface area is 127 Å². The van der Waals surface area contributed by atoms with Crippen LogP contribution < -0.4 is 15.4 Å². The maximum absolute atomic E-state index is 11.9. The van der Waals surface area contributed by atoms with E-state index in [1.807, 2.05) is 19.2 Å². The smallest absolute Gasteiger partial charge is 0.240 e. The number of rotatable bonds is 5. The first kappa shape index (κ1) is 16.3. The summed E-state index contributed by atoms with van der Waals surface area (Å²) in [5, 5.41) is 0. The molecule has 0 amide bonds. The number of likely N-dealkylation sites (N-methyl/N-ethyl adjacent to an activating group) is 1. The van der Waals surface area contributed by atoms with Gasteiger partial charge in [-0.1, -0.05) is 19.8 Å². The van der Waals surface area contributed by atoms with Gasteiger partial charge in [-0.05, 0) is 37.1 Å². The summed E-state index contributed by atoms with van der Waals surface area (Å²) in [7, 11) is -1.35. The van der Waals surface area contributed by atoms with Gasteiger partial charge in [-0.3, -0.25) is 0 Å². The number of nitrogens with two attached hydrogens (primary N) is 1. The molecule has 2 rings (SSSR count). The fourth-order valence-electron chi connectivity index (χ4n) is 2.95. The fourth-order valence-corrected chi connectivity index (χ4v) is 3.99. The highest BCUT2D eigenvalue weighted by atomic mass is 32.2. The molecule has 0 saturated heterocycles. The van der Waals surface area contributed by atoms with E-state index in [2.05, 4.69) is 9.62 Å². The van der Waals surface area contributed by atoms with Crippen molar-refractivity contribution < 1.29 is 8.42 Å². The molecule has 3 N–H and O–H groups in total. The molecule has 1 aliphatic rings. The highest BCUT2D eigenvalue weighted by Crippen LogP contribution is 2.26. The molecule has 0 aromatic heterocycles. The zero-order valence-corrected chi connectivity index (χ0v) is 13.6. The molecule has 21 heavy (non-hydrogen) atoms. The Balaban J connectivity index is 2.15. The van der Waals surface area contributed by atoms with Gasteiger partial charge in [0.1, 0.15) is 0 Å². The Morgan fingerprint density at radius 1 is 1.24 bits per heavy atom. The molecule has 2 unspecified atom stereocenters. The summed E-state index contributed by atoms with van der Waals surface area (Å²) in [6.07, 6.45) is 4.55. The molecular weight excluding hydrogens is 286 g/mol. The van der Waals surface area contributed by atoms with E-state index in [9.17, 15) is 8.42 Å². The third-order valence-corrected chi connectivity index (χ3v) is 5.73. The number of sulfonamides is 1. The summed E-state index contributed by atoms with van der Waals surface area (Å²) < 4.78 is 26.3. The van der Waals surface area contributed by atoms with Gasteiger partial charge in [0.05, 0.1) is 4.90 Å². The molecule has 1 aromatic rings. The molecular formula is C15H25N3O2S. The van der Waals surface area contributed by atoms with Crippen LogP contribution in [0.1, 0.15) is 32.6 Å². The minimum atomic E-state index is -3.38. The van der Waals surface area contributed by atoms with E-state index in [-0.39, 0.29) is 6.04 Å². The molecule has 1 aromatic carbocycles. The van der Waals surface area contributed by atoms with E-state index in [0.717, 1.165) is 18.5 Å². The molecule has 1 aliphatic carbocycles. The first-order valence-electron chi connectivity index (χ1n) is 7.54. The third-order valence-electron chi connectivity index (χ3n) is 4.17. The largest absolute Gasteiger partial charge is 0.370 e. The Kier molecular flexibility index (Phi) is 5.24. The van der Waals surface area contributed by atoms with E-state index in [1.54, 1.807) is 19.1 Å². The van der Waals surface area contributed by atoms with Gasteiger partial charge in [0.15, 0.2) is 0 Å². The zero-order valence-electron chi connectivity index (χ0n) is 12.7. The van der Waals surface area contributed by atoms with Crippen LogP contribution in [0.15, 0.2) is 29.2 Å². The molecule has 0 heterocycles. The van der Waals surface area contributed by atoms with Crippen molar-refractivity contribution in [3.05, 3.63) is 24.3 Å². The van der Waals surface area contributed by atoms with Gasteiger partial charge >= 0.3 is 0 Å². The molecule has 6 heteroatoms. The Hall–Kier alpha value is -1.11. The molecule has 0 spiro atoms. The molecule has 2 atom stereocenters. The summed E-state index contributed by atoms with van der Waals surface area (Å²) in [5.74, 6) is 0. The first-order valence-corrected chi connectivity index (χ1v) is 9.02. The van der Waals surface area contributed by atoms with E-state index >= 15 is 0 Å². The summed E-state index contributed by atoms with van der Waals surface area (Å²) in [4.78, 5) is 2.47. The SMILES string of the molecule is CCNS(=O)(=O)c1ccc(N(C)C2CCCCC2N)cc1. The Bertz CT molecular complexity index is 557. The lowest BCUT2D eigenvalue weighted by Crippen LogP contribution is -2.48. The second kappa shape index (κ2) is 6.77. The van der Waals surface area contributed by atoms with Crippen molar-refractivity contribution in [2.45, 2.75) is 49.6 Å². The van der Waals surface area contributed by atoms with Crippen molar-refractivity contribution in [1.29, 1.82) is 0 Å². The second-order valence-electron chi connectivity index (χ2n) is 5.62. The average Bonchev–Trinajstić information content (AvgIpc) is 2.47. The molecule has 1 fully saturated rings. The summed E-state index contributed by atoms with van der Waals surface area (Å²) in [6, 6.07) is 7.52. The monoisotopic (exact) mass is 311 g/mol. The fraction of sp³-hybridized carbons (Fsp3) is 0.600. The number of nitrogens with one attached hydrogen (secondary N) is 1. The van der Waals surface area contributed by atoms with Crippen LogP contribution in [-0.2, 0) is 10.0 Å². The second-order valence-corrected chi connectivity index (χ2v) is 7.39. The molecule has 0 bridgehead atoms. The van der Waals surface area contributed by atoms with Crippen molar-refractivity contribution in [2.75, 3.05) is 18.5 Å². The number of hydrogen-bond acceptors (Lipinski definition) is 4. The highest BCUT2D eigenvalue weighted by molar-refractivity contribution is 7.89. The van der Waals surface area contributed by atoms with E-state index < -0.39 is 10.0 Å². The van der Waals surface area contributed by atoms with E-state index in [0.29, 0.717) is 17.5 Å². The van der Waals surface area contributed by atoms with E-state index in [4.69, 9.17) is 5.73 Å². The van der Waals surface area contributed by atoms with Crippen molar-refractivity contribution in [1.82, 2.24) is 4.72 Å². The lowest BCUT2D eigenvalue weighted by atomic mass is 9.90. The van der Waals surface area contributed by atoms with Gasteiger partial charge < -0.3 is 10.6 Å². The van der Waals surface area contributed by atoms with Crippen molar-refractivity contribution in [3.8, 4) is 0 Å². The summed E-state index contributed by atoms with van der Waals surface area (Å²) in [5.41, 5.74) is 7.22. The summed E-state index contributed by atoms with van der Waals surface area (Å²) in [6.45, 7) is 2.16. The quantitative estimate of drug-likeness (QED) is 0.868. The van der Waals surface area contributed by atoms with Gasteiger partial charge in [0, 0.05) is 31.4 Å². The lowest BCUT2D eigenvalue weighted by Gasteiger charge is -2.37. The van der Waals surface area contributed by atoms with Gasteiger partial charge in [-0.2, -0.15) is 0 Å². The number of hydrogen-bond donors (Lipinski definition) is 2. The van der Waals surface area contributed by atoms with Gasteiger partial charge in [-0.15, -0.1) is 0 Å². The molecule has 5 nitrogen and oxygen atoms in total. The highest BCUT2D eigenvalue weighted by Gasteiger charge is 2.25. The maximum Gasteiger partial charge on any atom is 0.240 e. The molecule has 1 saturated carbocycles. The third kappa shape index (κ3) is 3.75. The predicted octanol–water partition coefficient (Wildman–Crippen LogP) is 1.69. The molecule has 0 aliphatic heterocycles. The topological polar surface area (TPSA) is 75.4 Å². The normalized spacial score (nSPS) is 23.0. The lowest BCUT2D eigenvalue weighted by molar-refractivity contribution is 0.373. The minimum absolute atomic E-state index is 0.189. The van der Waals surface area contributed by atoms with Crippen molar-refractivity contribution in [2.24, 2.45) is 5.73 Å². The summed E-state index contributed by atoms with van der Waals surface area (Å²) >= 11 is 0. The average molecular weight is 311 g/mol. The van der Waals surface area contributed by atoms with Gasteiger partial charge in [-0.25, -0.2) is 13.1 Å². The Morgan fingerprint density at radius 3 is 2.43 bits per heavy atom. The van der Waals surface area contributed by atoms with Crippen LogP contribution in [0, 0.1) is 0 Å². The minimum Gasteiger partial charge on any atom is -0.370 e. The number of nitrogens with zero attached hydrogens (tertiary/aromatic N) is 1. The van der Waals surface area contributed by atoms with Gasteiger partial charge in [0.2, 0.25) is 10.0 Å². The molecule has 0 radical (unpaired) electrons. The van der Waals surface area contributed by atoms with Crippen LogP contribution in [0.25, 0.3) is 0 Å². The Morgan fingerprint density at radius 2 is 1.86 bits per heavy atom. The van der Waals surface area contributed by atoms with Crippen LogP contribution in [-0.4, -0.2) is 34.1 Å². The van der Waals surface area contributed by atoms with Gasteiger partial charge in [0.25, 0.3) is 0 Å².